The van der Waals surface area contributed by atoms with E-state index in [1.165, 1.54) is 4.90 Å². The van der Waals surface area contributed by atoms with Gasteiger partial charge in [-0.1, -0.05) is 6.07 Å². The third-order valence-electron chi connectivity index (χ3n) is 6.43. The molecular formula is C17H21NO4. The highest BCUT2D eigenvalue weighted by Gasteiger charge is 2.72. The lowest BCUT2D eigenvalue weighted by Crippen LogP contribution is -2.76. The van der Waals surface area contributed by atoms with E-state index in [2.05, 4.69) is 0 Å². The first-order valence-electron chi connectivity index (χ1n) is 9.39. The number of hydrogen-bond acceptors (Lipinski definition) is 5. The van der Waals surface area contributed by atoms with Gasteiger partial charge in [0.15, 0.2) is 11.5 Å². The summed E-state index contributed by atoms with van der Waals surface area (Å²) >= 11 is 0. The summed E-state index contributed by atoms with van der Waals surface area (Å²) in [6.07, 6.45) is 0.0282. The molecule has 1 aromatic carbocycles. The maximum atomic E-state index is 11.8. The van der Waals surface area contributed by atoms with E-state index in [0.29, 0.717) is 38.0 Å². The number of nitrogens with zero attached hydrogens (tertiary/aromatic N) is 1. The van der Waals surface area contributed by atoms with Gasteiger partial charge in [-0.3, -0.25) is 0 Å². The predicted octanol–water partition coefficient (Wildman–Crippen LogP) is 0.537. The minimum absolute atomic E-state index is 0.00813. The van der Waals surface area contributed by atoms with Crippen LogP contribution in [0.1, 0.15) is 34.5 Å². The van der Waals surface area contributed by atoms with E-state index < -0.39 is 36.2 Å². The Morgan fingerprint density at radius 1 is 1.41 bits per heavy atom. The molecule has 1 spiro atoms. The van der Waals surface area contributed by atoms with Crippen LogP contribution in [0.5, 0.6) is 11.5 Å². The molecule has 2 aliphatic heterocycles. The number of aromatic hydroxyl groups is 1. The van der Waals surface area contributed by atoms with Gasteiger partial charge in [-0.2, -0.15) is 0 Å². The Hall–Kier alpha value is -1.30. The zero-order chi connectivity index (χ0) is 17.8. The van der Waals surface area contributed by atoms with Gasteiger partial charge >= 0.3 is 0 Å². The monoisotopic (exact) mass is 306 g/mol. The van der Waals surface area contributed by atoms with Crippen molar-refractivity contribution in [2.45, 2.75) is 54.9 Å². The van der Waals surface area contributed by atoms with Crippen molar-refractivity contribution in [3.05, 3.63) is 23.3 Å². The molecule has 0 radical (unpaired) electrons. The summed E-state index contributed by atoms with van der Waals surface area (Å²) in [7, 11) is 0. The second-order valence-electron chi connectivity index (χ2n) is 7.15. The first-order valence-corrected chi connectivity index (χ1v) is 7.89. The average Bonchev–Trinajstić information content (AvgIpc) is 2.87. The summed E-state index contributed by atoms with van der Waals surface area (Å²) in [5.74, 6) is 0.358. The van der Waals surface area contributed by atoms with Gasteiger partial charge in [-0.25, -0.2) is 0 Å². The van der Waals surface area contributed by atoms with Crippen molar-refractivity contribution in [3.63, 3.8) is 0 Å². The van der Waals surface area contributed by atoms with Gasteiger partial charge in [0.25, 0.3) is 0 Å². The van der Waals surface area contributed by atoms with Crippen LogP contribution in [0.3, 0.4) is 0 Å². The van der Waals surface area contributed by atoms with E-state index in [0.717, 1.165) is 11.1 Å². The van der Waals surface area contributed by atoms with E-state index in [4.69, 9.17) is 8.85 Å². The molecule has 2 heterocycles. The Labute approximate surface area is 133 Å². The van der Waals surface area contributed by atoms with Gasteiger partial charge in [0.05, 0.1) is 17.1 Å². The minimum Gasteiger partial charge on any atom is -0.504 e. The third kappa shape index (κ3) is 1.17. The molecule has 1 unspecified atom stereocenters. The largest absolute Gasteiger partial charge is 0.504 e. The standard InChI is InChI=1S/C17H21NO4/c1-18-7-6-16-13-9-2-3-10(19)14(13)22-15(16)11(20)4-5-17(16,21)12(18)8-9/h2-3,11-12,15,19-21H,4-8H2,1H3/t11?,12-,15+,16+,17-/m1/s1/i1D3. The highest BCUT2D eigenvalue weighted by atomic mass is 16.5. The second-order valence-corrected chi connectivity index (χ2v) is 7.15. The number of benzene rings is 1. The normalized spacial score (nSPS) is 47.9. The summed E-state index contributed by atoms with van der Waals surface area (Å²) in [5.41, 5.74) is -0.484. The lowest BCUT2D eigenvalue weighted by Gasteiger charge is -2.63. The molecule has 22 heavy (non-hydrogen) atoms. The van der Waals surface area contributed by atoms with Gasteiger partial charge in [0.1, 0.15) is 6.10 Å². The van der Waals surface area contributed by atoms with Gasteiger partial charge in [0.2, 0.25) is 0 Å². The highest BCUT2D eigenvalue weighted by Crippen LogP contribution is 2.65. The zero-order valence-corrected chi connectivity index (χ0v) is 12.1. The van der Waals surface area contributed by atoms with Crippen LogP contribution in [0.4, 0.5) is 0 Å². The van der Waals surface area contributed by atoms with E-state index >= 15 is 0 Å². The maximum Gasteiger partial charge on any atom is 0.165 e. The van der Waals surface area contributed by atoms with E-state index in [-0.39, 0.29) is 5.75 Å². The van der Waals surface area contributed by atoms with Crippen LogP contribution in [0.25, 0.3) is 0 Å². The molecule has 5 atom stereocenters. The van der Waals surface area contributed by atoms with Crippen molar-refractivity contribution < 1.29 is 24.2 Å². The van der Waals surface area contributed by atoms with Crippen LogP contribution < -0.4 is 4.74 Å². The summed E-state index contributed by atoms with van der Waals surface area (Å²) in [6, 6.07) is 2.78. The third-order valence-corrected chi connectivity index (χ3v) is 6.43. The number of piperidine rings is 1. The first kappa shape index (κ1) is 10.5. The molecule has 5 heteroatoms. The molecule has 4 aliphatic rings. The van der Waals surface area contributed by atoms with E-state index in [1.54, 1.807) is 12.1 Å². The summed E-state index contributed by atoms with van der Waals surface area (Å²) in [5, 5.41) is 32.6. The molecule has 1 saturated carbocycles. The number of likely N-dealkylation sites (tertiary alicyclic amines) is 1. The average molecular weight is 306 g/mol. The van der Waals surface area contributed by atoms with Crippen LogP contribution in [-0.2, 0) is 11.8 Å². The molecule has 118 valence electrons. The molecule has 1 saturated heterocycles. The first-order chi connectivity index (χ1) is 11.7. The fourth-order valence-corrected chi connectivity index (χ4v) is 5.52. The SMILES string of the molecule is [2H]C([2H])([2H])N1CC[C@]23c4c5ccc(O)c4O[C@H]2C(O)CC[C@@]3(O)[C@H]1C5. The molecule has 1 aromatic rings. The van der Waals surface area contributed by atoms with Crippen molar-refractivity contribution >= 4 is 0 Å². The van der Waals surface area contributed by atoms with Crippen molar-refractivity contribution in [1.82, 2.24) is 4.90 Å². The van der Waals surface area contributed by atoms with Crippen molar-refractivity contribution in [2.24, 2.45) is 0 Å². The van der Waals surface area contributed by atoms with Crippen LogP contribution in [0, 0.1) is 0 Å². The number of likely N-dealkylation sites (N-methyl/N-ethyl adjacent to an activating group) is 1. The lowest BCUT2D eigenvalue weighted by molar-refractivity contribution is -0.204. The topological polar surface area (TPSA) is 73.2 Å². The number of hydrogen-bond donors (Lipinski definition) is 3. The molecule has 5 nitrogen and oxygen atoms in total. The van der Waals surface area contributed by atoms with Crippen molar-refractivity contribution in [2.75, 3.05) is 13.5 Å². The number of phenolic OH excluding ortho intramolecular Hbond substituents is 1. The highest BCUT2D eigenvalue weighted by molar-refractivity contribution is 5.62. The Balaban J connectivity index is 1.79. The molecular weight excluding hydrogens is 282 g/mol. The number of phenols is 1. The maximum absolute atomic E-state index is 11.8. The molecule has 5 rings (SSSR count). The second kappa shape index (κ2) is 3.78. The van der Waals surface area contributed by atoms with Crippen LogP contribution in [0.15, 0.2) is 12.1 Å². The summed E-state index contributed by atoms with van der Waals surface area (Å²) < 4.78 is 29.7. The van der Waals surface area contributed by atoms with E-state index in [9.17, 15) is 15.3 Å². The number of aliphatic hydroxyl groups is 2. The van der Waals surface area contributed by atoms with Crippen molar-refractivity contribution in [3.8, 4) is 11.5 Å². The summed E-state index contributed by atoms with van der Waals surface area (Å²) in [4.78, 5) is 1.43. The number of aliphatic hydroxyl groups excluding tert-OH is 1. The van der Waals surface area contributed by atoms with Gasteiger partial charge < -0.3 is 25.0 Å². The van der Waals surface area contributed by atoms with Crippen molar-refractivity contribution in [1.29, 1.82) is 0 Å². The van der Waals surface area contributed by atoms with Crippen LogP contribution in [0.2, 0.25) is 0 Å². The fraction of sp³-hybridized carbons (Fsp3) is 0.647. The number of ether oxygens (including phenoxy) is 1. The van der Waals surface area contributed by atoms with Crippen LogP contribution in [-0.4, -0.2) is 57.6 Å². The summed E-state index contributed by atoms with van der Waals surface area (Å²) in [6.45, 7) is -1.99. The molecule has 2 aliphatic carbocycles. The zero-order valence-electron chi connectivity index (χ0n) is 15.1. The smallest absolute Gasteiger partial charge is 0.165 e. The Morgan fingerprint density at radius 2 is 2.27 bits per heavy atom. The molecule has 2 fully saturated rings. The minimum atomic E-state index is -2.29. The fourth-order valence-electron chi connectivity index (χ4n) is 5.52. The van der Waals surface area contributed by atoms with E-state index in [1.807, 2.05) is 0 Å². The Morgan fingerprint density at radius 3 is 3.09 bits per heavy atom. The molecule has 2 bridgehead atoms. The van der Waals surface area contributed by atoms with Gasteiger partial charge in [-0.05, 0) is 50.8 Å². The molecule has 0 aromatic heterocycles. The Bertz CT molecular complexity index is 769. The Kier molecular flexibility index (Phi) is 1.80. The molecule has 0 amide bonds. The number of rotatable bonds is 0. The molecule has 3 N–H and O–H groups in total. The quantitative estimate of drug-likeness (QED) is 0.652. The predicted molar refractivity (Wildman–Crippen MR) is 79.1 cm³/mol. The van der Waals surface area contributed by atoms with Gasteiger partial charge in [-0.15, -0.1) is 0 Å². The lowest BCUT2D eigenvalue weighted by atomic mass is 9.49. The van der Waals surface area contributed by atoms with Crippen LogP contribution >= 0.6 is 0 Å². The van der Waals surface area contributed by atoms with Gasteiger partial charge in [0, 0.05) is 15.7 Å².